The number of β-lactam (4-membered cyclic amide) rings is 1. The van der Waals surface area contributed by atoms with Gasteiger partial charge in [-0.2, -0.15) is 0 Å². The highest BCUT2D eigenvalue weighted by Gasteiger charge is 2.73. The number of benzene rings is 1. The zero-order valence-electron chi connectivity index (χ0n) is 17.9. The average Bonchev–Trinajstić information content (AvgIpc) is 3.04. The number of hydrogen-bond acceptors (Lipinski definition) is 7. The summed E-state index contributed by atoms with van der Waals surface area (Å²) in [6, 6.07) is 8.44. The third-order valence-electron chi connectivity index (χ3n) is 5.70. The minimum atomic E-state index is -1.78. The van der Waals surface area contributed by atoms with E-state index in [2.05, 4.69) is 5.32 Å². The van der Waals surface area contributed by atoms with Crippen molar-refractivity contribution >= 4 is 35.5 Å². The van der Waals surface area contributed by atoms with Crippen LogP contribution in [0.2, 0.25) is 0 Å². The topological polar surface area (TPSA) is 102 Å². The van der Waals surface area contributed by atoms with Crippen molar-refractivity contribution in [2.24, 2.45) is 5.92 Å². The van der Waals surface area contributed by atoms with Crippen molar-refractivity contribution in [3.63, 3.8) is 0 Å². The third kappa shape index (κ3) is 3.69. The van der Waals surface area contributed by atoms with Gasteiger partial charge in [0.25, 0.3) is 11.6 Å². The molecule has 0 unspecified atom stereocenters. The summed E-state index contributed by atoms with van der Waals surface area (Å²) in [6.45, 7) is 7.06. The van der Waals surface area contributed by atoms with Gasteiger partial charge in [-0.25, -0.2) is 4.79 Å². The van der Waals surface area contributed by atoms with E-state index in [1.54, 1.807) is 20.8 Å². The van der Waals surface area contributed by atoms with Crippen molar-refractivity contribution in [1.29, 1.82) is 0 Å². The van der Waals surface area contributed by atoms with Gasteiger partial charge >= 0.3 is 11.9 Å². The van der Waals surface area contributed by atoms with E-state index in [9.17, 15) is 19.2 Å². The molecule has 0 aromatic heterocycles. The lowest BCUT2D eigenvalue weighted by atomic mass is 9.86. The zero-order chi connectivity index (χ0) is 22.6. The van der Waals surface area contributed by atoms with Crippen molar-refractivity contribution < 1.29 is 28.7 Å². The van der Waals surface area contributed by atoms with E-state index >= 15 is 0 Å². The molecule has 9 heteroatoms. The predicted octanol–water partition coefficient (Wildman–Crippen LogP) is 1.62. The maximum atomic E-state index is 13.2. The minimum absolute atomic E-state index is 0.0366. The number of ether oxygens (including phenoxy) is 2. The second kappa shape index (κ2) is 7.55. The maximum absolute atomic E-state index is 13.2. The fraction of sp³-hybridized carbons (Fsp3) is 0.545. The van der Waals surface area contributed by atoms with Crippen LogP contribution in [-0.2, 0) is 35.1 Å². The van der Waals surface area contributed by atoms with Crippen molar-refractivity contribution in [3.8, 4) is 0 Å². The van der Waals surface area contributed by atoms with Gasteiger partial charge in [0.15, 0.2) is 0 Å². The molecule has 3 saturated heterocycles. The Morgan fingerprint density at radius 3 is 2.58 bits per heavy atom. The number of carbonyl (C=O) groups excluding carboxylic acids is 4. The lowest BCUT2D eigenvalue weighted by Gasteiger charge is -2.58. The highest BCUT2D eigenvalue weighted by molar-refractivity contribution is 8.00. The third-order valence-corrected chi connectivity index (χ3v) is 7.22. The molecular weight excluding hydrogens is 420 g/mol. The SMILES string of the molecule is C[C@H]1S[C@@H]2[C@H](NC(=O)Cc3ccccc3)C(=O)N2[C@@]2(C(=O)OC(C)(C)C)OC(=O)C[C@@H]12. The van der Waals surface area contributed by atoms with Crippen LogP contribution in [-0.4, -0.2) is 56.6 Å². The second-order valence-electron chi connectivity index (χ2n) is 9.13. The molecule has 1 aromatic rings. The van der Waals surface area contributed by atoms with Crippen molar-refractivity contribution in [1.82, 2.24) is 10.2 Å². The molecule has 4 rings (SSSR count). The van der Waals surface area contributed by atoms with Gasteiger partial charge in [-0.3, -0.25) is 19.3 Å². The van der Waals surface area contributed by atoms with Crippen LogP contribution < -0.4 is 5.32 Å². The fourth-order valence-electron chi connectivity index (χ4n) is 4.37. The van der Waals surface area contributed by atoms with E-state index < -0.39 is 46.5 Å². The minimum Gasteiger partial charge on any atom is -0.456 e. The van der Waals surface area contributed by atoms with Crippen LogP contribution in [0.5, 0.6) is 0 Å². The molecule has 31 heavy (non-hydrogen) atoms. The first kappa shape index (κ1) is 21.7. The summed E-state index contributed by atoms with van der Waals surface area (Å²) in [4.78, 5) is 52.4. The number of rotatable bonds is 4. The van der Waals surface area contributed by atoms with E-state index in [1.165, 1.54) is 16.7 Å². The number of hydrogen-bond donors (Lipinski definition) is 1. The Morgan fingerprint density at radius 2 is 1.94 bits per heavy atom. The molecule has 166 valence electrons. The normalized spacial score (nSPS) is 31.8. The van der Waals surface area contributed by atoms with Gasteiger partial charge in [0.2, 0.25) is 5.91 Å². The standard InChI is InChI=1S/C22H26N2O6S/c1-12-14-11-16(26)29-22(14,20(28)30-21(2,3)4)24-18(27)17(19(24)31-12)23-15(25)10-13-8-6-5-7-9-13/h5-9,12,14,17,19H,10-11H2,1-4H3,(H,23,25)/t12-,14+,17-,19-,22-/m1/s1. The second-order valence-corrected chi connectivity index (χ2v) is 10.6. The molecule has 0 radical (unpaired) electrons. The van der Waals surface area contributed by atoms with Crippen molar-refractivity contribution in [3.05, 3.63) is 35.9 Å². The van der Waals surface area contributed by atoms with Crippen LogP contribution in [0.3, 0.4) is 0 Å². The molecule has 8 nitrogen and oxygen atoms in total. The van der Waals surface area contributed by atoms with Crippen LogP contribution in [0.4, 0.5) is 0 Å². The molecule has 3 heterocycles. The number of nitrogens with zero attached hydrogens (tertiary/aromatic N) is 1. The monoisotopic (exact) mass is 446 g/mol. The summed E-state index contributed by atoms with van der Waals surface area (Å²) >= 11 is 1.46. The highest BCUT2D eigenvalue weighted by Crippen LogP contribution is 2.55. The summed E-state index contributed by atoms with van der Waals surface area (Å²) in [5.41, 5.74) is -1.76. The molecule has 0 bridgehead atoms. The number of nitrogens with one attached hydrogen (secondary N) is 1. The number of carbonyl (C=O) groups is 4. The number of thioether (sulfide) groups is 1. The van der Waals surface area contributed by atoms with Gasteiger partial charge in [0, 0.05) is 5.25 Å². The highest BCUT2D eigenvalue weighted by atomic mass is 32.2. The summed E-state index contributed by atoms with van der Waals surface area (Å²) in [7, 11) is 0. The first-order valence-corrected chi connectivity index (χ1v) is 11.2. The largest absolute Gasteiger partial charge is 0.456 e. The summed E-state index contributed by atoms with van der Waals surface area (Å²) in [6.07, 6.45) is 0.182. The molecule has 0 spiro atoms. The van der Waals surface area contributed by atoms with Crippen molar-refractivity contribution in [2.75, 3.05) is 0 Å². The van der Waals surface area contributed by atoms with Crippen LogP contribution in [0.1, 0.15) is 39.7 Å². The van der Waals surface area contributed by atoms with Gasteiger partial charge < -0.3 is 14.8 Å². The molecular formula is C22H26N2O6S. The molecule has 0 saturated carbocycles. The Balaban J connectivity index is 1.57. The van der Waals surface area contributed by atoms with E-state index in [4.69, 9.17) is 9.47 Å². The van der Waals surface area contributed by atoms with E-state index in [0.717, 1.165) is 5.56 Å². The van der Waals surface area contributed by atoms with Crippen molar-refractivity contribution in [2.45, 2.75) is 68.5 Å². The molecule has 3 aliphatic heterocycles. The quantitative estimate of drug-likeness (QED) is 0.554. The predicted molar refractivity (Wildman–Crippen MR) is 113 cm³/mol. The van der Waals surface area contributed by atoms with E-state index in [-0.39, 0.29) is 24.0 Å². The average molecular weight is 447 g/mol. The Kier molecular flexibility index (Phi) is 5.28. The number of fused-ring (bicyclic) bond motifs is 3. The molecule has 0 aliphatic carbocycles. The summed E-state index contributed by atoms with van der Waals surface area (Å²) in [5.74, 6) is -2.52. The van der Waals surface area contributed by atoms with Gasteiger partial charge in [0.05, 0.1) is 18.8 Å². The maximum Gasteiger partial charge on any atom is 0.373 e. The van der Waals surface area contributed by atoms with Gasteiger partial charge in [-0.05, 0) is 26.3 Å². The Bertz CT molecular complexity index is 930. The van der Waals surface area contributed by atoms with Crippen LogP contribution in [0.15, 0.2) is 30.3 Å². The number of amides is 2. The Hall–Kier alpha value is -2.55. The fourth-order valence-corrected chi connectivity index (χ4v) is 6.01. The van der Waals surface area contributed by atoms with Gasteiger partial charge in [0.1, 0.15) is 17.0 Å². The molecule has 3 aliphatic rings. The molecule has 1 aromatic carbocycles. The Morgan fingerprint density at radius 1 is 1.26 bits per heavy atom. The van der Waals surface area contributed by atoms with Crippen LogP contribution in [0.25, 0.3) is 0 Å². The van der Waals surface area contributed by atoms with E-state index in [1.807, 2.05) is 37.3 Å². The van der Waals surface area contributed by atoms with Gasteiger partial charge in [-0.15, -0.1) is 11.8 Å². The van der Waals surface area contributed by atoms with Crippen LogP contribution in [0, 0.1) is 5.92 Å². The summed E-state index contributed by atoms with van der Waals surface area (Å²) < 4.78 is 11.1. The number of esters is 2. The molecule has 3 fully saturated rings. The molecule has 2 amide bonds. The zero-order valence-corrected chi connectivity index (χ0v) is 18.7. The molecule has 1 N–H and O–H groups in total. The first-order valence-electron chi connectivity index (χ1n) is 10.3. The molecule has 5 atom stereocenters. The summed E-state index contributed by atoms with van der Waals surface area (Å²) in [5, 5.41) is 2.12. The van der Waals surface area contributed by atoms with Crippen LogP contribution >= 0.6 is 11.8 Å². The van der Waals surface area contributed by atoms with Gasteiger partial charge in [-0.1, -0.05) is 37.3 Å². The first-order chi connectivity index (χ1) is 14.5. The Labute approximate surface area is 185 Å². The van der Waals surface area contributed by atoms with E-state index in [0.29, 0.717) is 0 Å². The lowest BCUT2D eigenvalue weighted by Crippen LogP contribution is -2.81. The smallest absolute Gasteiger partial charge is 0.373 e. The lowest BCUT2D eigenvalue weighted by molar-refractivity contribution is -0.227.